The fourth-order valence-electron chi connectivity index (χ4n) is 3.16. The Balaban J connectivity index is 2.17. The number of carbonyl (C=O) groups is 1. The number of methoxy groups -OCH3 is 3. The predicted octanol–water partition coefficient (Wildman–Crippen LogP) is 3.62. The molecule has 3 rings (SSSR count). The number of carboxylic acid groups (broad SMARTS) is 1. The molecule has 1 N–H and O–H groups in total. The van der Waals surface area contributed by atoms with E-state index < -0.39 is 5.97 Å². The van der Waals surface area contributed by atoms with Crippen LogP contribution in [0.4, 0.5) is 0 Å². The summed E-state index contributed by atoms with van der Waals surface area (Å²) < 4.78 is 22.2. The molecule has 0 fully saturated rings. The van der Waals surface area contributed by atoms with Gasteiger partial charge in [0.2, 0.25) is 0 Å². The van der Waals surface area contributed by atoms with Gasteiger partial charge in [0, 0.05) is 17.5 Å². The minimum Gasteiger partial charge on any atom is -0.493 e. The van der Waals surface area contributed by atoms with Gasteiger partial charge in [0.25, 0.3) is 0 Å². The molecule has 25 heavy (non-hydrogen) atoms. The van der Waals surface area contributed by atoms with E-state index in [0.717, 1.165) is 11.1 Å². The van der Waals surface area contributed by atoms with Crippen LogP contribution in [0, 0.1) is 0 Å². The third kappa shape index (κ3) is 3.20. The molecule has 132 valence electrons. The second-order valence-corrected chi connectivity index (χ2v) is 5.79. The van der Waals surface area contributed by atoms with Crippen LogP contribution in [0.3, 0.4) is 0 Å². The summed E-state index contributed by atoms with van der Waals surface area (Å²) in [5, 5.41) is 9.32. The Kier molecular flexibility index (Phi) is 4.70. The van der Waals surface area contributed by atoms with Gasteiger partial charge >= 0.3 is 5.97 Å². The largest absolute Gasteiger partial charge is 0.493 e. The molecule has 0 saturated heterocycles. The predicted molar refractivity (Wildman–Crippen MR) is 91.3 cm³/mol. The second-order valence-electron chi connectivity index (χ2n) is 5.79. The van der Waals surface area contributed by atoms with Gasteiger partial charge in [0.1, 0.15) is 5.75 Å². The van der Waals surface area contributed by atoms with Crippen LogP contribution in [-0.4, -0.2) is 32.4 Å². The topological polar surface area (TPSA) is 74.2 Å². The Hall–Kier alpha value is -2.89. The van der Waals surface area contributed by atoms with E-state index in [1.807, 2.05) is 18.2 Å². The van der Waals surface area contributed by atoms with Gasteiger partial charge in [-0.1, -0.05) is 12.1 Å². The van der Waals surface area contributed by atoms with Gasteiger partial charge in [-0.15, -0.1) is 0 Å². The Morgan fingerprint density at radius 1 is 1.12 bits per heavy atom. The van der Waals surface area contributed by atoms with Crippen LogP contribution < -0.4 is 18.9 Å². The second kappa shape index (κ2) is 6.93. The SMILES string of the molecule is COc1cc2c(cc1OC)Oc1c(OC)cccc1C(CC(=O)O)C2. The summed E-state index contributed by atoms with van der Waals surface area (Å²) in [4.78, 5) is 11.4. The van der Waals surface area contributed by atoms with Crippen molar-refractivity contribution in [2.75, 3.05) is 21.3 Å². The van der Waals surface area contributed by atoms with Crippen LogP contribution in [-0.2, 0) is 11.2 Å². The molecule has 1 aliphatic rings. The summed E-state index contributed by atoms with van der Waals surface area (Å²) in [7, 11) is 4.68. The summed E-state index contributed by atoms with van der Waals surface area (Å²) in [5.41, 5.74) is 1.68. The first-order valence-electron chi connectivity index (χ1n) is 7.88. The standard InChI is InChI=1S/C19H20O6/c1-22-14-6-4-5-13-11(9-18(20)21)7-12-8-16(23-2)17(24-3)10-15(12)25-19(13)14/h4-6,8,10-11H,7,9H2,1-3H3,(H,20,21). The average molecular weight is 344 g/mol. The first-order chi connectivity index (χ1) is 12.1. The maximum atomic E-state index is 11.4. The molecule has 0 amide bonds. The number of para-hydroxylation sites is 1. The number of hydrogen-bond acceptors (Lipinski definition) is 5. The molecule has 0 radical (unpaired) electrons. The van der Waals surface area contributed by atoms with Gasteiger partial charge in [-0.25, -0.2) is 0 Å². The maximum absolute atomic E-state index is 11.4. The van der Waals surface area contributed by atoms with Crippen molar-refractivity contribution in [3.05, 3.63) is 41.5 Å². The van der Waals surface area contributed by atoms with Gasteiger partial charge in [0.05, 0.1) is 27.8 Å². The molecule has 0 aromatic heterocycles. The number of aliphatic carboxylic acids is 1. The Morgan fingerprint density at radius 3 is 2.44 bits per heavy atom. The molecule has 0 bridgehead atoms. The molecule has 6 heteroatoms. The van der Waals surface area contributed by atoms with E-state index in [9.17, 15) is 9.90 Å². The fourth-order valence-corrected chi connectivity index (χ4v) is 3.16. The first-order valence-corrected chi connectivity index (χ1v) is 7.88. The molecular weight excluding hydrogens is 324 g/mol. The highest BCUT2D eigenvalue weighted by Gasteiger charge is 2.28. The molecule has 0 aliphatic carbocycles. The number of rotatable bonds is 5. The number of ether oxygens (including phenoxy) is 4. The molecule has 6 nitrogen and oxygen atoms in total. The third-order valence-electron chi connectivity index (χ3n) is 4.34. The Bertz CT molecular complexity index is 799. The highest BCUT2D eigenvalue weighted by molar-refractivity contribution is 5.69. The first kappa shape index (κ1) is 17.0. The molecule has 2 aromatic carbocycles. The number of carboxylic acids is 1. The van der Waals surface area contributed by atoms with E-state index >= 15 is 0 Å². The van der Waals surface area contributed by atoms with Crippen LogP contribution in [0.1, 0.15) is 23.5 Å². The maximum Gasteiger partial charge on any atom is 0.303 e. The summed E-state index contributed by atoms with van der Waals surface area (Å²) in [6.45, 7) is 0. The van der Waals surface area contributed by atoms with E-state index in [2.05, 4.69) is 0 Å². The number of hydrogen-bond donors (Lipinski definition) is 1. The number of benzene rings is 2. The normalized spacial score (nSPS) is 15.2. The smallest absolute Gasteiger partial charge is 0.303 e. The molecule has 1 atom stereocenters. The lowest BCUT2D eigenvalue weighted by atomic mass is 9.89. The van der Waals surface area contributed by atoms with Crippen molar-refractivity contribution in [3.63, 3.8) is 0 Å². The summed E-state index contributed by atoms with van der Waals surface area (Å²) >= 11 is 0. The van der Waals surface area contributed by atoms with Gasteiger partial charge in [-0.2, -0.15) is 0 Å². The zero-order chi connectivity index (χ0) is 18.0. The van der Waals surface area contributed by atoms with Gasteiger partial charge in [0.15, 0.2) is 23.0 Å². The van der Waals surface area contributed by atoms with Crippen molar-refractivity contribution >= 4 is 5.97 Å². The number of fused-ring (bicyclic) bond motifs is 2. The van der Waals surface area contributed by atoms with Crippen molar-refractivity contribution in [3.8, 4) is 28.7 Å². The van der Waals surface area contributed by atoms with E-state index in [1.54, 1.807) is 33.5 Å². The van der Waals surface area contributed by atoms with E-state index in [0.29, 0.717) is 35.2 Å². The molecular formula is C19H20O6. The lowest BCUT2D eigenvalue weighted by Crippen LogP contribution is -2.09. The molecule has 0 spiro atoms. The molecule has 1 unspecified atom stereocenters. The lowest BCUT2D eigenvalue weighted by molar-refractivity contribution is -0.137. The summed E-state index contributed by atoms with van der Waals surface area (Å²) in [5.74, 6) is 1.75. The van der Waals surface area contributed by atoms with E-state index in [-0.39, 0.29) is 12.3 Å². The van der Waals surface area contributed by atoms with Crippen molar-refractivity contribution in [1.82, 2.24) is 0 Å². The monoisotopic (exact) mass is 344 g/mol. The molecule has 0 saturated carbocycles. The quantitative estimate of drug-likeness (QED) is 0.893. The molecule has 1 heterocycles. The van der Waals surface area contributed by atoms with Crippen LogP contribution in [0.25, 0.3) is 0 Å². The average Bonchev–Trinajstić information content (AvgIpc) is 2.75. The Labute approximate surface area is 145 Å². The fraction of sp³-hybridized carbons (Fsp3) is 0.316. The van der Waals surface area contributed by atoms with Crippen LogP contribution in [0.15, 0.2) is 30.3 Å². The minimum atomic E-state index is -0.859. The van der Waals surface area contributed by atoms with Crippen LogP contribution in [0.2, 0.25) is 0 Å². The van der Waals surface area contributed by atoms with Crippen LogP contribution in [0.5, 0.6) is 28.7 Å². The minimum absolute atomic E-state index is 0.00267. The summed E-state index contributed by atoms with van der Waals surface area (Å²) in [6, 6.07) is 9.11. The zero-order valence-electron chi connectivity index (χ0n) is 14.4. The Morgan fingerprint density at radius 2 is 1.80 bits per heavy atom. The van der Waals surface area contributed by atoms with Crippen molar-refractivity contribution in [1.29, 1.82) is 0 Å². The highest BCUT2D eigenvalue weighted by Crippen LogP contribution is 2.47. The molecule has 2 aromatic rings. The van der Waals surface area contributed by atoms with E-state index in [1.165, 1.54) is 0 Å². The van der Waals surface area contributed by atoms with Crippen LogP contribution >= 0.6 is 0 Å². The summed E-state index contributed by atoms with van der Waals surface area (Å²) in [6.07, 6.45) is 0.513. The molecule has 1 aliphatic heterocycles. The van der Waals surface area contributed by atoms with Gasteiger partial charge < -0.3 is 24.1 Å². The van der Waals surface area contributed by atoms with Crippen molar-refractivity contribution in [2.24, 2.45) is 0 Å². The van der Waals surface area contributed by atoms with Crippen molar-refractivity contribution < 1.29 is 28.8 Å². The van der Waals surface area contributed by atoms with E-state index in [4.69, 9.17) is 18.9 Å². The third-order valence-corrected chi connectivity index (χ3v) is 4.34. The van der Waals surface area contributed by atoms with Gasteiger partial charge in [-0.3, -0.25) is 4.79 Å². The zero-order valence-corrected chi connectivity index (χ0v) is 14.4. The highest BCUT2D eigenvalue weighted by atomic mass is 16.5. The van der Waals surface area contributed by atoms with Crippen molar-refractivity contribution in [2.45, 2.75) is 18.8 Å². The lowest BCUT2D eigenvalue weighted by Gasteiger charge is -2.16. The van der Waals surface area contributed by atoms with Gasteiger partial charge in [-0.05, 0) is 24.1 Å².